The van der Waals surface area contributed by atoms with Gasteiger partial charge in [-0.3, -0.25) is 9.79 Å². The Hall–Kier alpha value is -2.68. The number of aryl methyl sites for hydroxylation is 1. The number of rotatable bonds is 3. The van der Waals surface area contributed by atoms with E-state index in [1.165, 1.54) is 44.7 Å². The quantitative estimate of drug-likeness (QED) is 0.418. The van der Waals surface area contributed by atoms with Crippen LogP contribution in [0.3, 0.4) is 0 Å². The number of allylic oxidation sites excluding steroid dienone is 5. The van der Waals surface area contributed by atoms with Crippen LogP contribution in [0.25, 0.3) is 16.7 Å². The summed E-state index contributed by atoms with van der Waals surface area (Å²) < 4.78 is 0. The SMILES string of the molecule is C.C=C1CC2=C(c3cc(C4=C(C)N=C(C)CC4)c(C)cc31)C(CC)C=C2C(=O)N(C)C(C)(C)C.CC. The summed E-state index contributed by atoms with van der Waals surface area (Å²) in [5.74, 6) is 0.376. The molecule has 1 heterocycles. The van der Waals surface area contributed by atoms with Gasteiger partial charge in [-0.15, -0.1) is 0 Å². The molecule has 0 spiro atoms. The van der Waals surface area contributed by atoms with E-state index in [4.69, 9.17) is 4.99 Å². The molecule has 0 aromatic heterocycles. The lowest BCUT2D eigenvalue weighted by Crippen LogP contribution is -2.43. The van der Waals surface area contributed by atoms with Crippen LogP contribution in [0, 0.1) is 12.8 Å². The van der Waals surface area contributed by atoms with E-state index in [0.29, 0.717) is 0 Å². The molecule has 1 unspecified atom stereocenters. The van der Waals surface area contributed by atoms with E-state index in [-0.39, 0.29) is 24.8 Å². The molecule has 1 aromatic carbocycles. The van der Waals surface area contributed by atoms with Crippen LogP contribution in [0.1, 0.15) is 111 Å². The molecule has 36 heavy (non-hydrogen) atoms. The van der Waals surface area contributed by atoms with Gasteiger partial charge in [-0.25, -0.2) is 0 Å². The highest BCUT2D eigenvalue weighted by atomic mass is 16.2. The molecule has 1 aromatic rings. The van der Waals surface area contributed by atoms with Gasteiger partial charge in [-0.2, -0.15) is 0 Å². The van der Waals surface area contributed by atoms with Crippen molar-refractivity contribution in [2.75, 3.05) is 7.05 Å². The summed E-state index contributed by atoms with van der Waals surface area (Å²) in [5, 5.41) is 0. The largest absolute Gasteiger partial charge is 0.337 e. The van der Waals surface area contributed by atoms with Gasteiger partial charge in [0.25, 0.3) is 5.91 Å². The van der Waals surface area contributed by atoms with Crippen molar-refractivity contribution in [2.24, 2.45) is 10.9 Å². The van der Waals surface area contributed by atoms with Gasteiger partial charge in [-0.1, -0.05) is 46.9 Å². The Labute approximate surface area is 220 Å². The van der Waals surface area contributed by atoms with Gasteiger partial charge in [-0.05, 0) is 118 Å². The predicted molar refractivity (Wildman–Crippen MR) is 159 cm³/mol. The Kier molecular flexibility index (Phi) is 9.15. The van der Waals surface area contributed by atoms with E-state index in [0.717, 1.165) is 42.5 Å². The van der Waals surface area contributed by atoms with E-state index in [1.54, 1.807) is 0 Å². The number of hydrogen-bond donors (Lipinski definition) is 0. The third kappa shape index (κ3) is 5.21. The number of amides is 1. The monoisotopic (exact) mass is 488 g/mol. The van der Waals surface area contributed by atoms with Gasteiger partial charge in [0, 0.05) is 35.5 Å². The number of hydrogen-bond acceptors (Lipinski definition) is 2. The topological polar surface area (TPSA) is 32.7 Å². The van der Waals surface area contributed by atoms with E-state index < -0.39 is 0 Å². The first kappa shape index (κ1) is 29.5. The summed E-state index contributed by atoms with van der Waals surface area (Å²) in [6, 6.07) is 4.69. The second-order valence-corrected chi connectivity index (χ2v) is 10.9. The van der Waals surface area contributed by atoms with Gasteiger partial charge < -0.3 is 4.90 Å². The molecular weight excluding hydrogens is 440 g/mol. The molecule has 3 nitrogen and oxygen atoms in total. The third-order valence-corrected chi connectivity index (χ3v) is 7.65. The minimum absolute atomic E-state index is 0. The molecule has 0 saturated heterocycles. The van der Waals surface area contributed by atoms with Crippen molar-refractivity contribution >= 4 is 28.3 Å². The Morgan fingerprint density at radius 3 is 2.25 bits per heavy atom. The molecular formula is C33H48N2O. The second-order valence-electron chi connectivity index (χ2n) is 10.9. The number of carbonyl (C=O) groups is 1. The smallest absolute Gasteiger partial charge is 0.254 e. The molecule has 0 bridgehead atoms. The molecule has 0 radical (unpaired) electrons. The summed E-state index contributed by atoms with van der Waals surface area (Å²) in [6.07, 6.45) is 5.99. The van der Waals surface area contributed by atoms with Crippen molar-refractivity contribution in [3.05, 3.63) is 63.9 Å². The van der Waals surface area contributed by atoms with Crippen molar-refractivity contribution in [3.63, 3.8) is 0 Å². The number of benzene rings is 1. The minimum Gasteiger partial charge on any atom is -0.337 e. The third-order valence-electron chi connectivity index (χ3n) is 7.65. The average molecular weight is 489 g/mol. The number of fused-ring (bicyclic) bond motifs is 2. The summed E-state index contributed by atoms with van der Waals surface area (Å²) in [6.45, 7) is 23.4. The first-order chi connectivity index (χ1) is 16.4. The minimum atomic E-state index is -0.222. The van der Waals surface area contributed by atoms with Crippen LogP contribution in [0.2, 0.25) is 0 Å². The summed E-state index contributed by atoms with van der Waals surface area (Å²) in [7, 11) is 1.91. The highest BCUT2D eigenvalue weighted by Crippen LogP contribution is 2.50. The van der Waals surface area contributed by atoms with Gasteiger partial charge in [0.15, 0.2) is 0 Å². The Morgan fingerprint density at radius 2 is 1.69 bits per heavy atom. The maximum atomic E-state index is 13.5. The Balaban J connectivity index is 0.00000148. The normalized spacial score (nSPS) is 18.9. The lowest BCUT2D eigenvalue weighted by Gasteiger charge is -2.33. The number of carbonyl (C=O) groups excluding carboxylic acids is 1. The highest BCUT2D eigenvalue weighted by molar-refractivity contribution is 6.06. The first-order valence-corrected chi connectivity index (χ1v) is 13.2. The molecule has 4 rings (SSSR count). The van der Waals surface area contributed by atoms with Crippen LogP contribution in [0.4, 0.5) is 0 Å². The van der Waals surface area contributed by atoms with Gasteiger partial charge in [0.1, 0.15) is 0 Å². The molecule has 0 saturated carbocycles. The molecule has 1 aliphatic heterocycles. The van der Waals surface area contributed by atoms with Gasteiger partial charge in [0.2, 0.25) is 0 Å². The maximum Gasteiger partial charge on any atom is 0.254 e. The van der Waals surface area contributed by atoms with Crippen LogP contribution in [-0.4, -0.2) is 29.1 Å². The van der Waals surface area contributed by atoms with Crippen LogP contribution in [-0.2, 0) is 4.79 Å². The lowest BCUT2D eigenvalue weighted by molar-refractivity contribution is -0.129. The molecule has 3 aliphatic rings. The van der Waals surface area contributed by atoms with Gasteiger partial charge >= 0.3 is 0 Å². The first-order valence-electron chi connectivity index (χ1n) is 13.2. The van der Waals surface area contributed by atoms with Crippen molar-refractivity contribution in [1.29, 1.82) is 0 Å². The molecule has 1 atom stereocenters. The molecule has 2 aliphatic carbocycles. The fourth-order valence-corrected chi connectivity index (χ4v) is 5.40. The van der Waals surface area contributed by atoms with Crippen molar-refractivity contribution in [3.8, 4) is 0 Å². The predicted octanol–water partition coefficient (Wildman–Crippen LogP) is 9.04. The molecule has 3 heteroatoms. The number of nitrogens with zero attached hydrogens (tertiary/aromatic N) is 2. The molecule has 0 fully saturated rings. The van der Waals surface area contributed by atoms with E-state index >= 15 is 0 Å². The van der Waals surface area contributed by atoms with E-state index in [2.05, 4.69) is 73.3 Å². The van der Waals surface area contributed by atoms with Crippen LogP contribution in [0.5, 0.6) is 0 Å². The van der Waals surface area contributed by atoms with Crippen LogP contribution in [0.15, 0.2) is 46.6 Å². The fraction of sp³-hybridized carbons (Fsp3) is 0.515. The summed E-state index contributed by atoms with van der Waals surface area (Å²) in [4.78, 5) is 20.2. The Morgan fingerprint density at radius 1 is 1.06 bits per heavy atom. The van der Waals surface area contributed by atoms with Crippen molar-refractivity contribution in [1.82, 2.24) is 4.90 Å². The van der Waals surface area contributed by atoms with Crippen molar-refractivity contribution in [2.45, 2.75) is 101 Å². The summed E-state index contributed by atoms with van der Waals surface area (Å²) in [5.41, 5.74) is 13.0. The molecule has 196 valence electrons. The summed E-state index contributed by atoms with van der Waals surface area (Å²) >= 11 is 0. The zero-order chi connectivity index (χ0) is 26.2. The number of aliphatic imine (C=N–C) groups is 1. The Bertz CT molecular complexity index is 1180. The van der Waals surface area contributed by atoms with Crippen LogP contribution >= 0.6 is 0 Å². The zero-order valence-corrected chi connectivity index (χ0v) is 23.6. The maximum absolute atomic E-state index is 13.5. The molecule has 1 amide bonds. The molecule has 0 N–H and O–H groups in total. The lowest BCUT2D eigenvalue weighted by atomic mass is 9.76. The zero-order valence-electron chi connectivity index (χ0n) is 23.6. The van der Waals surface area contributed by atoms with Crippen LogP contribution < -0.4 is 0 Å². The fourth-order valence-electron chi connectivity index (χ4n) is 5.40. The highest BCUT2D eigenvalue weighted by Gasteiger charge is 2.37. The van der Waals surface area contributed by atoms with E-state index in [1.807, 2.05) is 25.8 Å². The second kappa shape index (κ2) is 11.2. The standard InChI is InChI=1S/C30H38N2O.C2H6.CH4/c1-10-21-15-27(29(33)32(9)30(6,7)8)25-14-18(3)23-13-17(2)24(16-26(23)28(21)25)22-12-11-19(4)31-20(22)5;1-2;/h13,15-16,21H,3,10-12,14H2,1-2,4-9H3;1-2H3;1H4. The van der Waals surface area contributed by atoms with E-state index in [9.17, 15) is 4.79 Å². The number of likely N-dealkylation sites (N-methyl/N-ethyl adjacent to an activating group) is 1. The average Bonchev–Trinajstić information content (AvgIpc) is 3.17. The van der Waals surface area contributed by atoms with Gasteiger partial charge in [0.05, 0.1) is 0 Å². The van der Waals surface area contributed by atoms with Crippen molar-refractivity contribution < 1.29 is 4.79 Å².